The highest BCUT2D eigenvalue weighted by molar-refractivity contribution is 4.98. The lowest BCUT2D eigenvalue weighted by Crippen LogP contribution is -2.33. The highest BCUT2D eigenvalue weighted by atomic mass is 16.5. The summed E-state index contributed by atoms with van der Waals surface area (Å²) in [5.74, 6) is 2.33. The lowest BCUT2D eigenvalue weighted by molar-refractivity contribution is -0.0247. The predicted octanol–water partition coefficient (Wildman–Crippen LogP) is 1.15. The molecule has 1 heterocycles. The Bertz CT molecular complexity index is 359. The molecule has 1 saturated carbocycles. The second kappa shape index (κ2) is 5.60. The van der Waals surface area contributed by atoms with Crippen molar-refractivity contribution in [1.29, 1.82) is 0 Å². The van der Waals surface area contributed by atoms with E-state index in [-0.39, 0.29) is 6.61 Å². The van der Waals surface area contributed by atoms with Crippen molar-refractivity contribution in [3.05, 3.63) is 11.6 Å². The SMILES string of the molecule is CCOC1CC(Cc2nnc(CO)n2CC)C1. The van der Waals surface area contributed by atoms with E-state index < -0.39 is 0 Å². The van der Waals surface area contributed by atoms with Crippen molar-refractivity contribution in [3.63, 3.8) is 0 Å². The number of hydrogen-bond acceptors (Lipinski definition) is 4. The third kappa shape index (κ3) is 2.66. The summed E-state index contributed by atoms with van der Waals surface area (Å²) < 4.78 is 7.55. The zero-order valence-corrected chi connectivity index (χ0v) is 10.6. The third-order valence-electron chi connectivity index (χ3n) is 3.43. The quantitative estimate of drug-likeness (QED) is 0.809. The van der Waals surface area contributed by atoms with Crippen LogP contribution >= 0.6 is 0 Å². The van der Waals surface area contributed by atoms with E-state index >= 15 is 0 Å². The Balaban J connectivity index is 1.90. The summed E-state index contributed by atoms with van der Waals surface area (Å²) in [6.45, 7) is 5.68. The second-order valence-electron chi connectivity index (χ2n) is 4.55. The summed E-state index contributed by atoms with van der Waals surface area (Å²) >= 11 is 0. The Kier molecular flexibility index (Phi) is 4.12. The predicted molar refractivity (Wildman–Crippen MR) is 63.5 cm³/mol. The van der Waals surface area contributed by atoms with Crippen molar-refractivity contribution < 1.29 is 9.84 Å². The van der Waals surface area contributed by atoms with Crippen LogP contribution < -0.4 is 0 Å². The molecule has 0 aliphatic heterocycles. The molecule has 96 valence electrons. The molecule has 1 fully saturated rings. The molecule has 1 aromatic rings. The van der Waals surface area contributed by atoms with Crippen LogP contribution in [0, 0.1) is 5.92 Å². The summed E-state index contributed by atoms with van der Waals surface area (Å²) in [5, 5.41) is 17.3. The summed E-state index contributed by atoms with van der Waals surface area (Å²) in [7, 11) is 0. The third-order valence-corrected chi connectivity index (χ3v) is 3.43. The highest BCUT2D eigenvalue weighted by Gasteiger charge is 2.30. The topological polar surface area (TPSA) is 60.2 Å². The molecule has 0 saturated heterocycles. The fraction of sp³-hybridized carbons (Fsp3) is 0.833. The van der Waals surface area contributed by atoms with Gasteiger partial charge < -0.3 is 14.4 Å². The maximum Gasteiger partial charge on any atom is 0.158 e. The number of ether oxygens (including phenoxy) is 1. The minimum absolute atomic E-state index is 0.0346. The van der Waals surface area contributed by atoms with E-state index in [1.54, 1.807) is 0 Å². The molecule has 5 nitrogen and oxygen atoms in total. The zero-order valence-electron chi connectivity index (χ0n) is 10.6. The number of aliphatic hydroxyl groups is 1. The molecule has 0 amide bonds. The maximum absolute atomic E-state index is 9.14. The van der Waals surface area contributed by atoms with E-state index in [2.05, 4.69) is 17.1 Å². The van der Waals surface area contributed by atoms with Crippen LogP contribution in [0.5, 0.6) is 0 Å². The van der Waals surface area contributed by atoms with Gasteiger partial charge in [0.1, 0.15) is 12.4 Å². The van der Waals surface area contributed by atoms with Gasteiger partial charge in [0.05, 0.1) is 6.10 Å². The second-order valence-corrected chi connectivity index (χ2v) is 4.55. The molecule has 0 radical (unpaired) electrons. The van der Waals surface area contributed by atoms with Gasteiger partial charge in [-0.2, -0.15) is 0 Å². The van der Waals surface area contributed by atoms with Gasteiger partial charge in [0.15, 0.2) is 5.82 Å². The smallest absolute Gasteiger partial charge is 0.158 e. The van der Waals surface area contributed by atoms with Gasteiger partial charge in [-0.25, -0.2) is 0 Å². The minimum atomic E-state index is -0.0346. The molecule has 1 N–H and O–H groups in total. The summed E-state index contributed by atoms with van der Waals surface area (Å²) in [5.41, 5.74) is 0. The standard InChI is InChI=1S/C12H21N3O2/c1-3-15-11(13-14-12(15)8-16)7-9-5-10(6-9)17-4-2/h9-10,16H,3-8H2,1-2H3. The van der Waals surface area contributed by atoms with E-state index in [9.17, 15) is 0 Å². The molecule has 2 rings (SSSR count). The van der Waals surface area contributed by atoms with Crippen LogP contribution in [0.4, 0.5) is 0 Å². The van der Waals surface area contributed by atoms with Gasteiger partial charge in [-0.3, -0.25) is 0 Å². The minimum Gasteiger partial charge on any atom is -0.388 e. The van der Waals surface area contributed by atoms with Gasteiger partial charge in [0, 0.05) is 19.6 Å². The van der Waals surface area contributed by atoms with E-state index in [0.29, 0.717) is 17.8 Å². The first-order chi connectivity index (χ1) is 8.28. The van der Waals surface area contributed by atoms with Crippen LogP contribution in [0.1, 0.15) is 38.3 Å². The lowest BCUT2D eigenvalue weighted by atomic mass is 9.80. The lowest BCUT2D eigenvalue weighted by Gasteiger charge is -2.34. The number of aliphatic hydroxyl groups excluding tert-OH is 1. The number of nitrogens with zero attached hydrogens (tertiary/aromatic N) is 3. The molecular formula is C12H21N3O2. The van der Waals surface area contributed by atoms with Crippen molar-refractivity contribution in [2.24, 2.45) is 5.92 Å². The average molecular weight is 239 g/mol. The fourth-order valence-corrected chi connectivity index (χ4v) is 2.48. The summed E-state index contributed by atoms with van der Waals surface area (Å²) in [6, 6.07) is 0. The average Bonchev–Trinajstić information content (AvgIpc) is 2.68. The van der Waals surface area contributed by atoms with Gasteiger partial charge >= 0.3 is 0 Å². The van der Waals surface area contributed by atoms with E-state index in [0.717, 1.165) is 38.2 Å². The molecule has 1 aromatic heterocycles. The molecular weight excluding hydrogens is 218 g/mol. The van der Waals surface area contributed by atoms with Crippen LogP contribution in [-0.2, 0) is 24.3 Å². The van der Waals surface area contributed by atoms with Crippen LogP contribution in [0.15, 0.2) is 0 Å². The first-order valence-corrected chi connectivity index (χ1v) is 6.41. The largest absolute Gasteiger partial charge is 0.388 e. The highest BCUT2D eigenvalue weighted by Crippen LogP contribution is 2.32. The van der Waals surface area contributed by atoms with Gasteiger partial charge in [0.25, 0.3) is 0 Å². The Labute approximate surface area is 102 Å². The molecule has 0 atom stereocenters. The van der Waals surface area contributed by atoms with Crippen LogP contribution in [0.2, 0.25) is 0 Å². The van der Waals surface area contributed by atoms with Gasteiger partial charge in [-0.1, -0.05) is 0 Å². The van der Waals surface area contributed by atoms with Crippen molar-refractivity contribution in [1.82, 2.24) is 14.8 Å². The Morgan fingerprint density at radius 1 is 1.29 bits per heavy atom. The van der Waals surface area contributed by atoms with Crippen LogP contribution in [-0.4, -0.2) is 32.6 Å². The van der Waals surface area contributed by atoms with E-state index in [1.165, 1.54) is 0 Å². The molecule has 17 heavy (non-hydrogen) atoms. The fourth-order valence-electron chi connectivity index (χ4n) is 2.48. The Hall–Kier alpha value is -0.940. The van der Waals surface area contributed by atoms with E-state index in [4.69, 9.17) is 9.84 Å². The summed E-state index contributed by atoms with van der Waals surface area (Å²) in [6.07, 6.45) is 3.64. The molecule has 0 aromatic carbocycles. The normalized spacial score (nSPS) is 23.7. The van der Waals surface area contributed by atoms with E-state index in [1.807, 2.05) is 11.5 Å². The molecule has 1 aliphatic rings. The summed E-state index contributed by atoms with van der Waals surface area (Å²) in [4.78, 5) is 0. The number of hydrogen-bond donors (Lipinski definition) is 1. The number of aromatic nitrogens is 3. The van der Waals surface area contributed by atoms with Crippen molar-refractivity contribution in [3.8, 4) is 0 Å². The van der Waals surface area contributed by atoms with Gasteiger partial charge in [0.2, 0.25) is 0 Å². The Morgan fingerprint density at radius 3 is 2.59 bits per heavy atom. The molecule has 5 heteroatoms. The maximum atomic E-state index is 9.14. The first kappa shape index (κ1) is 12.5. The number of rotatable bonds is 6. The zero-order chi connectivity index (χ0) is 12.3. The molecule has 0 spiro atoms. The van der Waals surface area contributed by atoms with Crippen LogP contribution in [0.3, 0.4) is 0 Å². The van der Waals surface area contributed by atoms with Gasteiger partial charge in [-0.15, -0.1) is 10.2 Å². The molecule has 0 unspecified atom stereocenters. The van der Waals surface area contributed by atoms with Crippen molar-refractivity contribution >= 4 is 0 Å². The molecule has 1 aliphatic carbocycles. The van der Waals surface area contributed by atoms with Gasteiger partial charge in [-0.05, 0) is 32.6 Å². The van der Waals surface area contributed by atoms with Crippen LogP contribution in [0.25, 0.3) is 0 Å². The monoisotopic (exact) mass is 239 g/mol. The van der Waals surface area contributed by atoms with Crippen molar-refractivity contribution in [2.75, 3.05) is 6.61 Å². The van der Waals surface area contributed by atoms with Crippen molar-refractivity contribution in [2.45, 2.75) is 52.4 Å². The molecule has 0 bridgehead atoms. The Morgan fingerprint density at radius 2 is 2.00 bits per heavy atom. The first-order valence-electron chi connectivity index (χ1n) is 6.41.